The lowest BCUT2D eigenvalue weighted by atomic mass is 9.93. The third kappa shape index (κ3) is 3.43. The van der Waals surface area contributed by atoms with Gasteiger partial charge in [-0.15, -0.1) is 0 Å². The number of rotatable bonds is 2. The number of nitrogens with zero attached hydrogens (tertiary/aromatic N) is 1. The maximum Gasteiger partial charge on any atom is 0.0373 e. The van der Waals surface area contributed by atoms with Crippen LogP contribution < -0.4 is 0 Å². The molecule has 0 saturated heterocycles. The van der Waals surface area contributed by atoms with E-state index < -0.39 is 0 Å². The average Bonchev–Trinajstić information content (AvgIpc) is 2.42. The van der Waals surface area contributed by atoms with Gasteiger partial charge in [-0.1, -0.05) is 58.0 Å². The summed E-state index contributed by atoms with van der Waals surface area (Å²) in [5.74, 6) is 0.539. The molecule has 1 aromatic heterocycles. The van der Waals surface area contributed by atoms with Crippen molar-refractivity contribution in [2.75, 3.05) is 0 Å². The largest absolute Gasteiger partial charge is 0.261 e. The maximum atomic E-state index is 4.36. The zero-order valence-electron chi connectivity index (χ0n) is 12.1. The van der Waals surface area contributed by atoms with E-state index in [2.05, 4.69) is 55.2 Å². The molecule has 0 radical (unpaired) electrons. The first-order valence-corrected chi connectivity index (χ1v) is 6.70. The predicted molar refractivity (Wildman–Crippen MR) is 79.8 cm³/mol. The molecule has 0 N–H and O–H groups in total. The zero-order valence-corrected chi connectivity index (χ0v) is 12.1. The van der Waals surface area contributed by atoms with Gasteiger partial charge in [-0.2, -0.15) is 0 Å². The van der Waals surface area contributed by atoms with E-state index >= 15 is 0 Å². The van der Waals surface area contributed by atoms with Crippen molar-refractivity contribution in [1.29, 1.82) is 0 Å². The smallest absolute Gasteiger partial charge is 0.0373 e. The molecular formula is C17H23N. The Bertz CT molecular complexity index is 469. The van der Waals surface area contributed by atoms with Crippen molar-refractivity contribution in [1.82, 2.24) is 4.98 Å². The van der Waals surface area contributed by atoms with E-state index in [1.807, 2.05) is 27.0 Å². The summed E-state index contributed by atoms with van der Waals surface area (Å²) < 4.78 is 0. The first-order chi connectivity index (χ1) is 8.68. The summed E-state index contributed by atoms with van der Waals surface area (Å²) in [6.45, 7) is 10.5. The molecule has 0 amide bonds. The lowest BCUT2D eigenvalue weighted by Crippen LogP contribution is -1.92. The fourth-order valence-electron chi connectivity index (χ4n) is 1.89. The van der Waals surface area contributed by atoms with Gasteiger partial charge in [0.1, 0.15) is 0 Å². The quantitative estimate of drug-likeness (QED) is 0.703. The standard InChI is InChI=1S/C15H17N.C2H6/c1-11(2)14-6-4-5-7-15(14)13-9-8-12(3)16-10-13;1-2/h4-11H,1-3H3;1-2H3. The number of aryl methyl sites for hydroxylation is 1. The number of hydrogen-bond donors (Lipinski definition) is 0. The fourth-order valence-corrected chi connectivity index (χ4v) is 1.89. The van der Waals surface area contributed by atoms with E-state index in [0.29, 0.717) is 5.92 Å². The van der Waals surface area contributed by atoms with E-state index in [4.69, 9.17) is 0 Å². The second kappa shape index (κ2) is 6.95. The number of pyridine rings is 1. The van der Waals surface area contributed by atoms with Gasteiger partial charge in [0, 0.05) is 17.5 Å². The van der Waals surface area contributed by atoms with Crippen molar-refractivity contribution in [2.24, 2.45) is 0 Å². The van der Waals surface area contributed by atoms with Gasteiger partial charge in [-0.05, 0) is 30.0 Å². The fraction of sp³-hybridized carbons (Fsp3) is 0.353. The van der Waals surface area contributed by atoms with Crippen LogP contribution in [0.4, 0.5) is 0 Å². The number of hydrogen-bond acceptors (Lipinski definition) is 1. The summed E-state index contributed by atoms with van der Waals surface area (Å²) in [4.78, 5) is 4.36. The lowest BCUT2D eigenvalue weighted by molar-refractivity contribution is 0.869. The van der Waals surface area contributed by atoms with Crippen LogP contribution in [0.15, 0.2) is 42.6 Å². The van der Waals surface area contributed by atoms with Crippen LogP contribution in [0, 0.1) is 6.92 Å². The van der Waals surface area contributed by atoms with Crippen LogP contribution in [0.3, 0.4) is 0 Å². The third-order valence-electron chi connectivity index (χ3n) is 2.81. The summed E-state index contributed by atoms with van der Waals surface area (Å²) in [7, 11) is 0. The molecule has 0 aliphatic rings. The molecule has 0 fully saturated rings. The van der Waals surface area contributed by atoms with Crippen LogP contribution in [0.5, 0.6) is 0 Å². The summed E-state index contributed by atoms with van der Waals surface area (Å²) in [6.07, 6.45) is 1.95. The Morgan fingerprint density at radius 3 is 2.17 bits per heavy atom. The van der Waals surface area contributed by atoms with Crippen LogP contribution in [-0.2, 0) is 0 Å². The lowest BCUT2D eigenvalue weighted by Gasteiger charge is -2.12. The molecule has 1 nitrogen and oxygen atoms in total. The minimum Gasteiger partial charge on any atom is -0.261 e. The first-order valence-electron chi connectivity index (χ1n) is 6.70. The molecule has 0 bridgehead atoms. The summed E-state index contributed by atoms with van der Waals surface area (Å²) in [5.41, 5.74) is 4.94. The summed E-state index contributed by atoms with van der Waals surface area (Å²) in [6, 6.07) is 12.7. The van der Waals surface area contributed by atoms with Crippen LogP contribution in [0.25, 0.3) is 11.1 Å². The van der Waals surface area contributed by atoms with Gasteiger partial charge in [0.2, 0.25) is 0 Å². The number of aromatic nitrogens is 1. The molecule has 1 heteroatoms. The normalized spacial score (nSPS) is 9.89. The molecule has 1 heterocycles. The minimum atomic E-state index is 0.539. The molecule has 0 saturated carbocycles. The first kappa shape index (κ1) is 14.4. The molecule has 96 valence electrons. The second-order valence-electron chi connectivity index (χ2n) is 4.43. The van der Waals surface area contributed by atoms with Gasteiger partial charge in [0.05, 0.1) is 0 Å². The van der Waals surface area contributed by atoms with Crippen LogP contribution in [0.1, 0.15) is 44.9 Å². The molecular weight excluding hydrogens is 218 g/mol. The highest BCUT2D eigenvalue weighted by molar-refractivity contribution is 5.67. The Morgan fingerprint density at radius 2 is 1.61 bits per heavy atom. The second-order valence-corrected chi connectivity index (χ2v) is 4.43. The topological polar surface area (TPSA) is 12.9 Å². The Kier molecular flexibility index (Phi) is 5.57. The molecule has 0 spiro atoms. The van der Waals surface area contributed by atoms with Gasteiger partial charge in [0.25, 0.3) is 0 Å². The van der Waals surface area contributed by atoms with Crippen molar-refractivity contribution in [3.05, 3.63) is 53.9 Å². The van der Waals surface area contributed by atoms with E-state index in [1.165, 1.54) is 16.7 Å². The van der Waals surface area contributed by atoms with E-state index in [0.717, 1.165) is 5.69 Å². The van der Waals surface area contributed by atoms with Gasteiger partial charge in [-0.25, -0.2) is 0 Å². The van der Waals surface area contributed by atoms with Crippen molar-refractivity contribution in [2.45, 2.75) is 40.5 Å². The van der Waals surface area contributed by atoms with Gasteiger partial charge in [-0.3, -0.25) is 4.98 Å². The third-order valence-corrected chi connectivity index (χ3v) is 2.81. The Hall–Kier alpha value is -1.63. The SMILES string of the molecule is CC.Cc1ccc(-c2ccccc2C(C)C)cn1. The molecule has 0 aliphatic heterocycles. The van der Waals surface area contributed by atoms with E-state index in [1.54, 1.807) is 0 Å². The van der Waals surface area contributed by atoms with Crippen LogP contribution in [-0.4, -0.2) is 4.98 Å². The van der Waals surface area contributed by atoms with Gasteiger partial charge in [0.15, 0.2) is 0 Å². The van der Waals surface area contributed by atoms with Crippen LogP contribution in [0.2, 0.25) is 0 Å². The minimum absolute atomic E-state index is 0.539. The van der Waals surface area contributed by atoms with Gasteiger partial charge < -0.3 is 0 Å². The van der Waals surface area contributed by atoms with Crippen molar-refractivity contribution < 1.29 is 0 Å². The molecule has 0 unspecified atom stereocenters. The molecule has 1 aromatic carbocycles. The highest BCUT2D eigenvalue weighted by atomic mass is 14.7. The molecule has 18 heavy (non-hydrogen) atoms. The monoisotopic (exact) mass is 241 g/mol. The Labute approximate surface area is 111 Å². The van der Waals surface area contributed by atoms with Crippen molar-refractivity contribution in [3.63, 3.8) is 0 Å². The zero-order chi connectivity index (χ0) is 13.5. The summed E-state index contributed by atoms with van der Waals surface area (Å²) in [5, 5.41) is 0. The molecule has 0 aliphatic carbocycles. The highest BCUT2D eigenvalue weighted by Gasteiger charge is 2.07. The molecule has 0 atom stereocenters. The summed E-state index contributed by atoms with van der Waals surface area (Å²) >= 11 is 0. The van der Waals surface area contributed by atoms with Crippen LogP contribution >= 0.6 is 0 Å². The van der Waals surface area contributed by atoms with E-state index in [9.17, 15) is 0 Å². The maximum absolute atomic E-state index is 4.36. The average molecular weight is 241 g/mol. The van der Waals surface area contributed by atoms with Crippen molar-refractivity contribution in [3.8, 4) is 11.1 Å². The van der Waals surface area contributed by atoms with Crippen molar-refractivity contribution >= 4 is 0 Å². The molecule has 2 aromatic rings. The predicted octanol–water partition coefficient (Wildman–Crippen LogP) is 5.21. The Balaban J connectivity index is 0.000000771. The highest BCUT2D eigenvalue weighted by Crippen LogP contribution is 2.28. The Morgan fingerprint density at radius 1 is 0.944 bits per heavy atom. The van der Waals surface area contributed by atoms with E-state index in [-0.39, 0.29) is 0 Å². The molecule has 2 rings (SSSR count). The number of benzene rings is 1. The van der Waals surface area contributed by atoms with Gasteiger partial charge >= 0.3 is 0 Å².